The maximum absolute atomic E-state index is 3.83. The van der Waals surface area contributed by atoms with E-state index < -0.39 is 0 Å². The fourth-order valence-corrected chi connectivity index (χ4v) is 3.30. The van der Waals surface area contributed by atoms with Crippen molar-refractivity contribution in [1.82, 2.24) is 9.55 Å². The average Bonchev–Trinajstić information content (AvgIpc) is 3.15. The van der Waals surface area contributed by atoms with Crippen LogP contribution in [0.1, 0.15) is 6.92 Å². The van der Waals surface area contributed by atoms with Crippen LogP contribution in [0.5, 0.6) is 0 Å². The fourth-order valence-electron chi connectivity index (χ4n) is 3.30. The molecule has 0 unspecified atom stereocenters. The lowest BCUT2D eigenvalue weighted by Gasteiger charge is -2.06. The van der Waals surface area contributed by atoms with E-state index in [0.717, 1.165) is 5.70 Å². The predicted molar refractivity (Wildman–Crippen MR) is 101 cm³/mol. The summed E-state index contributed by atoms with van der Waals surface area (Å²) in [5.41, 5.74) is 4.67. The molecule has 112 valence electrons. The molecule has 2 heteroatoms. The first-order valence-corrected chi connectivity index (χ1v) is 7.80. The first-order chi connectivity index (χ1) is 11.3. The molecule has 2 nitrogen and oxygen atoms in total. The minimum absolute atomic E-state index is 1.11. The minimum Gasteiger partial charge on any atom is -0.354 e. The van der Waals surface area contributed by atoms with Crippen molar-refractivity contribution in [2.75, 3.05) is 0 Å². The molecular weight excluding hydrogens is 280 g/mol. The van der Waals surface area contributed by atoms with Gasteiger partial charge in [0.2, 0.25) is 0 Å². The van der Waals surface area contributed by atoms with E-state index in [9.17, 15) is 0 Å². The van der Waals surface area contributed by atoms with E-state index in [-0.39, 0.29) is 0 Å². The van der Waals surface area contributed by atoms with Gasteiger partial charge in [0.15, 0.2) is 0 Å². The summed E-state index contributed by atoms with van der Waals surface area (Å²) < 4.78 is 2.21. The molecule has 4 aromatic rings. The van der Waals surface area contributed by atoms with Gasteiger partial charge in [-0.3, -0.25) is 0 Å². The SMILES string of the molecule is C=C/C=C(\C=C/C)n1ccc2c3c(ccc21)[nH]c1ccccc13. The Balaban J connectivity index is 2.09. The third-order valence-corrected chi connectivity index (χ3v) is 4.24. The van der Waals surface area contributed by atoms with Crippen molar-refractivity contribution in [2.24, 2.45) is 0 Å². The van der Waals surface area contributed by atoms with Gasteiger partial charge in [0.05, 0.1) is 5.52 Å². The Kier molecular flexibility index (Phi) is 3.16. The molecule has 0 aliphatic carbocycles. The van der Waals surface area contributed by atoms with Gasteiger partial charge < -0.3 is 9.55 Å². The lowest BCUT2D eigenvalue weighted by Crippen LogP contribution is -1.91. The Morgan fingerprint density at radius 2 is 1.91 bits per heavy atom. The van der Waals surface area contributed by atoms with E-state index in [1.54, 1.807) is 0 Å². The Bertz CT molecular complexity index is 1090. The van der Waals surface area contributed by atoms with Crippen LogP contribution < -0.4 is 0 Å². The van der Waals surface area contributed by atoms with E-state index >= 15 is 0 Å². The number of H-pyrrole nitrogens is 1. The summed E-state index contributed by atoms with van der Waals surface area (Å²) in [6.07, 6.45) is 10.1. The first kappa shape index (κ1) is 13.6. The highest BCUT2D eigenvalue weighted by atomic mass is 15.0. The topological polar surface area (TPSA) is 20.7 Å². The number of rotatable bonds is 3. The summed E-state index contributed by atoms with van der Waals surface area (Å²) in [6.45, 7) is 5.85. The van der Waals surface area contributed by atoms with Crippen LogP contribution in [0.3, 0.4) is 0 Å². The lowest BCUT2D eigenvalue weighted by atomic mass is 10.1. The summed E-state index contributed by atoms with van der Waals surface area (Å²) in [4.78, 5) is 3.50. The molecule has 23 heavy (non-hydrogen) atoms. The molecule has 0 amide bonds. The van der Waals surface area contributed by atoms with Crippen molar-refractivity contribution in [1.29, 1.82) is 0 Å². The quantitative estimate of drug-likeness (QED) is 0.456. The van der Waals surface area contributed by atoms with Crippen LogP contribution in [0, 0.1) is 0 Å². The van der Waals surface area contributed by atoms with Gasteiger partial charge in [-0.05, 0) is 43.3 Å². The van der Waals surface area contributed by atoms with E-state index in [1.165, 1.54) is 32.7 Å². The van der Waals surface area contributed by atoms with Crippen LogP contribution in [0.25, 0.3) is 38.4 Å². The number of aromatic amines is 1. The Morgan fingerprint density at radius 3 is 2.74 bits per heavy atom. The molecule has 0 saturated carbocycles. The number of para-hydroxylation sites is 1. The number of nitrogens with zero attached hydrogens (tertiary/aromatic N) is 1. The van der Waals surface area contributed by atoms with Gasteiger partial charge in [-0.2, -0.15) is 0 Å². The predicted octanol–water partition coefficient (Wildman–Crippen LogP) is 5.88. The largest absolute Gasteiger partial charge is 0.354 e. The summed E-state index contributed by atoms with van der Waals surface area (Å²) in [5, 5.41) is 3.82. The molecule has 0 aliphatic rings. The molecule has 0 fully saturated rings. The third kappa shape index (κ3) is 2.03. The molecule has 4 rings (SSSR count). The molecular formula is C21H18N2. The van der Waals surface area contributed by atoms with Crippen LogP contribution in [0.15, 0.2) is 79.5 Å². The number of aromatic nitrogens is 2. The van der Waals surface area contributed by atoms with Crippen molar-refractivity contribution in [3.63, 3.8) is 0 Å². The number of allylic oxidation sites excluding steroid dienone is 5. The summed E-state index contributed by atoms with van der Waals surface area (Å²) in [5.74, 6) is 0. The van der Waals surface area contributed by atoms with Crippen molar-refractivity contribution < 1.29 is 0 Å². The number of nitrogens with one attached hydrogen (secondary N) is 1. The third-order valence-electron chi connectivity index (χ3n) is 4.24. The van der Waals surface area contributed by atoms with Gasteiger partial charge in [-0.15, -0.1) is 0 Å². The number of hydrogen-bond acceptors (Lipinski definition) is 0. The number of hydrogen-bond donors (Lipinski definition) is 1. The average molecular weight is 298 g/mol. The smallest absolute Gasteiger partial charge is 0.0536 e. The molecule has 0 saturated heterocycles. The number of fused-ring (bicyclic) bond motifs is 5. The fraction of sp³-hybridized carbons (Fsp3) is 0.0476. The van der Waals surface area contributed by atoms with Gasteiger partial charge >= 0.3 is 0 Å². The standard InChI is InChI=1S/C21H18N2/c1-3-7-15(8-4-2)23-14-13-17-20(23)12-11-19-21(17)16-9-5-6-10-18(16)22-19/h3-14,22H,1H2,2H3/b8-4-,15-7+. The highest BCUT2D eigenvalue weighted by Gasteiger charge is 2.11. The zero-order chi connectivity index (χ0) is 15.8. The Hall–Kier alpha value is -3.00. The highest BCUT2D eigenvalue weighted by Crippen LogP contribution is 2.33. The molecule has 0 spiro atoms. The summed E-state index contributed by atoms with van der Waals surface area (Å²) in [6, 6.07) is 15.0. The van der Waals surface area contributed by atoms with Crippen LogP contribution in [0.4, 0.5) is 0 Å². The highest BCUT2D eigenvalue weighted by molar-refractivity contribution is 6.20. The van der Waals surface area contributed by atoms with Crippen LogP contribution in [0.2, 0.25) is 0 Å². The van der Waals surface area contributed by atoms with Crippen molar-refractivity contribution in [3.8, 4) is 0 Å². The van der Waals surface area contributed by atoms with Crippen LogP contribution >= 0.6 is 0 Å². The molecule has 1 N–H and O–H groups in total. The monoisotopic (exact) mass is 298 g/mol. The van der Waals surface area contributed by atoms with Gasteiger partial charge in [-0.25, -0.2) is 0 Å². The van der Waals surface area contributed by atoms with Crippen LogP contribution in [-0.4, -0.2) is 9.55 Å². The van der Waals surface area contributed by atoms with Gasteiger partial charge in [0.25, 0.3) is 0 Å². The van der Waals surface area contributed by atoms with E-state index in [4.69, 9.17) is 0 Å². The molecule has 2 heterocycles. The maximum atomic E-state index is 3.83. The normalized spacial score (nSPS) is 12.8. The number of benzene rings is 2. The van der Waals surface area contributed by atoms with Crippen molar-refractivity contribution in [3.05, 3.63) is 79.5 Å². The van der Waals surface area contributed by atoms with E-state index in [1.807, 2.05) is 25.2 Å². The summed E-state index contributed by atoms with van der Waals surface area (Å²) >= 11 is 0. The zero-order valence-electron chi connectivity index (χ0n) is 13.1. The van der Waals surface area contributed by atoms with Crippen molar-refractivity contribution >= 4 is 38.4 Å². The molecule has 0 bridgehead atoms. The molecule has 0 atom stereocenters. The van der Waals surface area contributed by atoms with Gasteiger partial charge in [0, 0.05) is 39.1 Å². The molecule has 2 aromatic heterocycles. The lowest BCUT2D eigenvalue weighted by molar-refractivity contribution is 1.18. The Labute approximate surface area is 135 Å². The molecule has 0 aliphatic heterocycles. The second-order valence-corrected chi connectivity index (χ2v) is 5.60. The second-order valence-electron chi connectivity index (χ2n) is 5.60. The van der Waals surface area contributed by atoms with E-state index in [0.29, 0.717) is 0 Å². The maximum Gasteiger partial charge on any atom is 0.0536 e. The zero-order valence-corrected chi connectivity index (χ0v) is 13.1. The first-order valence-electron chi connectivity index (χ1n) is 7.80. The molecule has 0 radical (unpaired) electrons. The second kappa shape index (κ2) is 5.33. The summed E-state index contributed by atoms with van der Waals surface area (Å²) in [7, 11) is 0. The Morgan fingerprint density at radius 1 is 1.04 bits per heavy atom. The molecule has 2 aromatic carbocycles. The van der Waals surface area contributed by atoms with Crippen molar-refractivity contribution in [2.45, 2.75) is 6.92 Å². The van der Waals surface area contributed by atoms with Crippen LogP contribution in [-0.2, 0) is 0 Å². The van der Waals surface area contributed by atoms with Gasteiger partial charge in [0.1, 0.15) is 0 Å². The van der Waals surface area contributed by atoms with E-state index in [2.05, 4.69) is 70.9 Å². The van der Waals surface area contributed by atoms with Gasteiger partial charge in [-0.1, -0.05) is 36.9 Å². The minimum atomic E-state index is 1.11.